The van der Waals surface area contributed by atoms with E-state index in [0.717, 1.165) is 16.7 Å². The van der Waals surface area contributed by atoms with Crippen LogP contribution in [-0.2, 0) is 10.0 Å². The minimum atomic E-state index is -3.68. The fraction of sp³-hybridized carbons (Fsp3) is 0.105. The Morgan fingerprint density at radius 1 is 0.920 bits per heavy atom. The van der Waals surface area contributed by atoms with E-state index in [4.69, 9.17) is 11.6 Å². The fourth-order valence-corrected chi connectivity index (χ4v) is 3.90. The van der Waals surface area contributed by atoms with E-state index in [1.54, 1.807) is 24.3 Å². The van der Waals surface area contributed by atoms with Crippen LogP contribution >= 0.6 is 11.6 Å². The van der Waals surface area contributed by atoms with Crippen molar-refractivity contribution in [3.63, 3.8) is 0 Å². The summed E-state index contributed by atoms with van der Waals surface area (Å²) in [5.41, 5.74) is 3.30. The number of halogens is 1. The number of hydrogen-bond donors (Lipinski definition) is 1. The van der Waals surface area contributed by atoms with Crippen molar-refractivity contribution in [3.8, 4) is 11.1 Å². The van der Waals surface area contributed by atoms with Gasteiger partial charge >= 0.3 is 0 Å². The van der Waals surface area contributed by atoms with Crippen LogP contribution < -0.4 is 4.72 Å². The molecule has 0 saturated heterocycles. The first kappa shape index (κ1) is 17.5. The van der Waals surface area contributed by atoms with Crippen LogP contribution in [0.3, 0.4) is 0 Å². The van der Waals surface area contributed by atoms with E-state index >= 15 is 0 Å². The molecule has 1 heterocycles. The maximum Gasteiger partial charge on any atom is 0.263 e. The highest BCUT2D eigenvalue weighted by molar-refractivity contribution is 7.92. The Balaban J connectivity index is 1.93. The average Bonchev–Trinajstić information content (AvgIpc) is 2.56. The van der Waals surface area contributed by atoms with E-state index in [2.05, 4.69) is 9.71 Å². The Morgan fingerprint density at radius 2 is 1.68 bits per heavy atom. The fourth-order valence-electron chi connectivity index (χ4n) is 2.56. The minimum Gasteiger partial charge on any atom is -0.263 e. The van der Waals surface area contributed by atoms with Gasteiger partial charge < -0.3 is 0 Å². The molecule has 128 valence electrons. The Kier molecular flexibility index (Phi) is 4.79. The van der Waals surface area contributed by atoms with Crippen molar-refractivity contribution in [1.29, 1.82) is 0 Å². The number of aromatic nitrogens is 1. The van der Waals surface area contributed by atoms with E-state index in [1.165, 1.54) is 0 Å². The zero-order chi connectivity index (χ0) is 18.0. The van der Waals surface area contributed by atoms with Gasteiger partial charge in [-0.25, -0.2) is 13.4 Å². The third kappa shape index (κ3) is 3.83. The van der Waals surface area contributed by atoms with Crippen molar-refractivity contribution in [2.24, 2.45) is 0 Å². The zero-order valence-electron chi connectivity index (χ0n) is 13.8. The SMILES string of the molecule is Cc1cccc(S(=O)(=O)Nc2ccc(-c3ccccc3Cl)c(C)n2)c1. The molecule has 0 aliphatic rings. The summed E-state index contributed by atoms with van der Waals surface area (Å²) in [7, 11) is -3.68. The summed E-state index contributed by atoms with van der Waals surface area (Å²) >= 11 is 6.23. The van der Waals surface area contributed by atoms with Crippen LogP contribution in [0.1, 0.15) is 11.3 Å². The molecule has 0 radical (unpaired) electrons. The molecule has 0 aliphatic carbocycles. The second-order valence-electron chi connectivity index (χ2n) is 5.73. The van der Waals surface area contributed by atoms with Crippen molar-refractivity contribution >= 4 is 27.4 Å². The molecule has 0 spiro atoms. The second-order valence-corrected chi connectivity index (χ2v) is 7.82. The van der Waals surface area contributed by atoms with Crippen molar-refractivity contribution in [2.75, 3.05) is 4.72 Å². The quantitative estimate of drug-likeness (QED) is 0.714. The molecule has 25 heavy (non-hydrogen) atoms. The van der Waals surface area contributed by atoms with Gasteiger partial charge in [0.15, 0.2) is 0 Å². The third-order valence-corrected chi connectivity index (χ3v) is 5.47. The lowest BCUT2D eigenvalue weighted by Gasteiger charge is -2.11. The molecule has 0 bridgehead atoms. The molecule has 0 atom stereocenters. The van der Waals surface area contributed by atoms with Crippen LogP contribution in [0.25, 0.3) is 11.1 Å². The monoisotopic (exact) mass is 372 g/mol. The molecule has 6 heteroatoms. The summed E-state index contributed by atoms with van der Waals surface area (Å²) in [5.74, 6) is 0.273. The van der Waals surface area contributed by atoms with Crippen LogP contribution in [0.2, 0.25) is 5.02 Å². The molecule has 3 aromatic rings. The van der Waals surface area contributed by atoms with E-state index in [9.17, 15) is 8.42 Å². The summed E-state index contributed by atoms with van der Waals surface area (Å²) in [6.45, 7) is 3.67. The average molecular weight is 373 g/mol. The lowest BCUT2D eigenvalue weighted by atomic mass is 10.0. The molecular formula is C19H17ClN2O2S. The topological polar surface area (TPSA) is 59.1 Å². The van der Waals surface area contributed by atoms with Gasteiger partial charge in [0, 0.05) is 21.8 Å². The van der Waals surface area contributed by atoms with Crippen LogP contribution in [0.4, 0.5) is 5.82 Å². The summed E-state index contributed by atoms with van der Waals surface area (Å²) in [5, 5.41) is 0.625. The normalized spacial score (nSPS) is 11.3. The smallest absolute Gasteiger partial charge is 0.263 e. The molecule has 1 N–H and O–H groups in total. The second kappa shape index (κ2) is 6.86. The van der Waals surface area contributed by atoms with Crippen molar-refractivity contribution in [2.45, 2.75) is 18.7 Å². The largest absolute Gasteiger partial charge is 0.263 e. The molecule has 4 nitrogen and oxygen atoms in total. The van der Waals surface area contributed by atoms with Crippen molar-refractivity contribution in [3.05, 3.63) is 76.9 Å². The molecule has 3 rings (SSSR count). The highest BCUT2D eigenvalue weighted by Gasteiger charge is 2.16. The zero-order valence-corrected chi connectivity index (χ0v) is 15.4. The van der Waals surface area contributed by atoms with E-state index in [0.29, 0.717) is 10.7 Å². The number of anilines is 1. The molecule has 0 unspecified atom stereocenters. The Morgan fingerprint density at radius 3 is 2.36 bits per heavy atom. The number of sulfonamides is 1. The van der Waals surface area contributed by atoms with Gasteiger partial charge in [-0.15, -0.1) is 0 Å². The van der Waals surface area contributed by atoms with Gasteiger partial charge in [0.2, 0.25) is 0 Å². The first-order valence-electron chi connectivity index (χ1n) is 7.69. The minimum absolute atomic E-state index is 0.210. The van der Waals surface area contributed by atoms with Crippen LogP contribution in [0.5, 0.6) is 0 Å². The highest BCUT2D eigenvalue weighted by Crippen LogP contribution is 2.30. The first-order valence-corrected chi connectivity index (χ1v) is 9.55. The lowest BCUT2D eigenvalue weighted by molar-refractivity contribution is 0.601. The van der Waals surface area contributed by atoms with Crippen LogP contribution in [-0.4, -0.2) is 13.4 Å². The molecular weight excluding hydrogens is 356 g/mol. The molecule has 1 aromatic heterocycles. The lowest BCUT2D eigenvalue weighted by Crippen LogP contribution is -2.14. The standard InChI is InChI=1S/C19H17ClN2O2S/c1-13-6-5-7-15(12-13)25(23,24)22-19-11-10-16(14(2)21-19)17-8-3-4-9-18(17)20/h3-12H,1-2H3,(H,21,22). The van der Waals surface area contributed by atoms with E-state index < -0.39 is 10.0 Å². The Hall–Kier alpha value is -2.37. The van der Waals surface area contributed by atoms with Gasteiger partial charge in [0.25, 0.3) is 10.0 Å². The predicted molar refractivity (Wildman–Crippen MR) is 101 cm³/mol. The Labute approximate surface area is 152 Å². The number of nitrogens with one attached hydrogen (secondary N) is 1. The first-order chi connectivity index (χ1) is 11.9. The van der Waals surface area contributed by atoms with Crippen molar-refractivity contribution < 1.29 is 8.42 Å². The number of pyridine rings is 1. The Bertz CT molecular complexity index is 1030. The van der Waals surface area contributed by atoms with Gasteiger partial charge in [-0.1, -0.05) is 41.9 Å². The molecule has 0 fully saturated rings. The van der Waals surface area contributed by atoms with E-state index in [1.807, 2.05) is 50.2 Å². The van der Waals surface area contributed by atoms with Gasteiger partial charge in [0.1, 0.15) is 5.82 Å². The van der Waals surface area contributed by atoms with Crippen LogP contribution in [0, 0.1) is 13.8 Å². The van der Waals surface area contributed by atoms with Crippen molar-refractivity contribution in [1.82, 2.24) is 4.98 Å². The van der Waals surface area contributed by atoms with Gasteiger partial charge in [0.05, 0.1) is 4.90 Å². The highest BCUT2D eigenvalue weighted by atomic mass is 35.5. The van der Waals surface area contributed by atoms with Gasteiger partial charge in [-0.3, -0.25) is 4.72 Å². The number of benzene rings is 2. The molecule has 0 amide bonds. The van der Waals surface area contributed by atoms with E-state index in [-0.39, 0.29) is 10.7 Å². The maximum absolute atomic E-state index is 12.5. The van der Waals surface area contributed by atoms with Crippen LogP contribution in [0.15, 0.2) is 65.6 Å². The van der Waals surface area contributed by atoms with Gasteiger partial charge in [-0.05, 0) is 49.7 Å². The van der Waals surface area contributed by atoms with Gasteiger partial charge in [-0.2, -0.15) is 0 Å². The summed E-state index contributed by atoms with van der Waals surface area (Å²) in [6, 6.07) is 17.7. The maximum atomic E-state index is 12.5. The summed E-state index contributed by atoms with van der Waals surface area (Å²) < 4.78 is 27.5. The number of hydrogen-bond acceptors (Lipinski definition) is 3. The number of rotatable bonds is 4. The molecule has 0 saturated carbocycles. The summed E-state index contributed by atoms with van der Waals surface area (Å²) in [4.78, 5) is 4.59. The molecule has 0 aliphatic heterocycles. The third-order valence-electron chi connectivity index (χ3n) is 3.79. The molecule has 2 aromatic carbocycles. The number of nitrogens with zero attached hydrogens (tertiary/aromatic N) is 1. The predicted octanol–water partition coefficient (Wildman–Crippen LogP) is 4.82. The number of aryl methyl sites for hydroxylation is 2. The summed E-state index contributed by atoms with van der Waals surface area (Å²) in [6.07, 6.45) is 0.